The average molecular weight is 735 g/mol. The molecule has 0 fully saturated rings. The third kappa shape index (κ3) is 5.12. The van der Waals surface area contributed by atoms with Crippen molar-refractivity contribution in [1.29, 1.82) is 0 Å². The molecule has 0 amide bonds. The Kier molecular flexibility index (Phi) is 7.26. The molecule has 1 aromatic heterocycles. The van der Waals surface area contributed by atoms with Crippen molar-refractivity contribution >= 4 is 64.6 Å². The quantitative estimate of drug-likeness (QED) is 0.165. The van der Waals surface area contributed by atoms with Crippen molar-refractivity contribution in [2.24, 2.45) is 0 Å². The van der Waals surface area contributed by atoms with Crippen LogP contribution in [0.4, 0.5) is 0 Å². The zero-order valence-corrected chi connectivity index (χ0v) is 31.5. The maximum atomic E-state index is 5.24. The lowest BCUT2D eigenvalue weighted by atomic mass is 9.86. The Balaban J connectivity index is 1.11. The van der Waals surface area contributed by atoms with Crippen LogP contribution in [0.5, 0.6) is 0 Å². The van der Waals surface area contributed by atoms with Crippen LogP contribution in [0, 0.1) is 0 Å². The number of rotatable bonds is 5. The summed E-state index contributed by atoms with van der Waals surface area (Å²) in [6.45, 7) is 0. The molecule has 268 valence electrons. The van der Waals surface area contributed by atoms with E-state index in [4.69, 9.17) is 9.97 Å². The molecular weight excluding hydrogens is 701 g/mol. The van der Waals surface area contributed by atoms with Gasteiger partial charge in [-0.15, -0.1) is 0 Å². The van der Waals surface area contributed by atoms with Crippen LogP contribution in [0.1, 0.15) is 0 Å². The first-order valence-electron chi connectivity index (χ1n) is 19.9. The monoisotopic (exact) mass is 734 g/mol. The topological polar surface area (TPSA) is 25.8 Å². The Labute approximate surface area is 335 Å². The SMILES string of the molecule is c1ccc(-c2nc(-c3cccc(-c4cc5ccc6cccc7c8cccc9ccc%10cccc(c(c4)c5c67)c%10c98)c3)cc(-c3ccccc3-c3ccccc3)n2)cc1. The van der Waals surface area contributed by atoms with Gasteiger partial charge in [-0.25, -0.2) is 9.97 Å². The van der Waals surface area contributed by atoms with Gasteiger partial charge in [-0.2, -0.15) is 0 Å². The number of hydrogen-bond acceptors (Lipinski definition) is 2. The third-order valence-corrected chi connectivity index (χ3v) is 12.0. The molecule has 2 heteroatoms. The van der Waals surface area contributed by atoms with Gasteiger partial charge in [-0.1, -0.05) is 182 Å². The van der Waals surface area contributed by atoms with Gasteiger partial charge in [-0.05, 0) is 111 Å². The largest absolute Gasteiger partial charge is 0.228 e. The van der Waals surface area contributed by atoms with E-state index in [2.05, 4.69) is 188 Å². The zero-order chi connectivity index (χ0) is 38.2. The lowest BCUT2D eigenvalue weighted by molar-refractivity contribution is 1.18. The van der Waals surface area contributed by atoms with Gasteiger partial charge >= 0.3 is 0 Å². The molecule has 0 unspecified atom stereocenters. The van der Waals surface area contributed by atoms with Gasteiger partial charge < -0.3 is 0 Å². The molecule has 0 spiro atoms. The van der Waals surface area contributed by atoms with Gasteiger partial charge in [0.25, 0.3) is 0 Å². The second-order valence-electron chi connectivity index (χ2n) is 15.3. The van der Waals surface area contributed by atoms with E-state index in [9.17, 15) is 0 Å². The van der Waals surface area contributed by atoms with E-state index in [1.807, 2.05) is 18.2 Å². The van der Waals surface area contributed by atoms with Gasteiger partial charge in [0.1, 0.15) is 0 Å². The van der Waals surface area contributed by atoms with E-state index in [0.717, 1.165) is 44.8 Å². The molecule has 12 rings (SSSR count). The van der Waals surface area contributed by atoms with Crippen LogP contribution in [0.3, 0.4) is 0 Å². The fraction of sp³-hybridized carbons (Fsp3) is 0. The first kappa shape index (κ1) is 32.6. The molecule has 0 bridgehead atoms. The predicted octanol–water partition coefficient (Wildman–Crippen LogP) is 15.2. The van der Waals surface area contributed by atoms with Gasteiger partial charge in [0.2, 0.25) is 0 Å². The normalized spacial score (nSPS) is 11.8. The van der Waals surface area contributed by atoms with Crippen LogP contribution in [-0.2, 0) is 0 Å². The molecular formula is C56H34N2. The van der Waals surface area contributed by atoms with E-state index >= 15 is 0 Å². The molecule has 11 aromatic carbocycles. The van der Waals surface area contributed by atoms with E-state index in [1.54, 1.807) is 0 Å². The van der Waals surface area contributed by atoms with E-state index in [1.165, 1.54) is 70.2 Å². The fourth-order valence-electron chi connectivity index (χ4n) is 9.33. The summed E-state index contributed by atoms with van der Waals surface area (Å²) < 4.78 is 0. The van der Waals surface area contributed by atoms with E-state index in [0.29, 0.717) is 5.82 Å². The summed E-state index contributed by atoms with van der Waals surface area (Å²) in [6, 6.07) is 74.7. The average Bonchev–Trinajstić information content (AvgIpc) is 3.30. The number of aromatic nitrogens is 2. The van der Waals surface area contributed by atoms with Crippen LogP contribution < -0.4 is 0 Å². The van der Waals surface area contributed by atoms with Crippen LogP contribution in [0.15, 0.2) is 206 Å². The predicted molar refractivity (Wildman–Crippen MR) is 245 cm³/mol. The molecule has 0 saturated carbocycles. The molecule has 0 aliphatic rings. The summed E-state index contributed by atoms with van der Waals surface area (Å²) in [7, 11) is 0. The highest BCUT2D eigenvalue weighted by Gasteiger charge is 2.18. The lowest BCUT2D eigenvalue weighted by Crippen LogP contribution is -1.97. The van der Waals surface area contributed by atoms with Gasteiger partial charge in [0.15, 0.2) is 5.82 Å². The first-order chi connectivity index (χ1) is 28.7. The third-order valence-electron chi connectivity index (χ3n) is 12.0. The Morgan fingerprint density at radius 2 is 0.724 bits per heavy atom. The minimum Gasteiger partial charge on any atom is -0.228 e. The van der Waals surface area contributed by atoms with Crippen LogP contribution in [0.25, 0.3) is 121 Å². The van der Waals surface area contributed by atoms with Crippen molar-refractivity contribution in [1.82, 2.24) is 9.97 Å². The molecule has 0 N–H and O–H groups in total. The van der Waals surface area contributed by atoms with Crippen LogP contribution in [-0.4, -0.2) is 9.97 Å². The summed E-state index contributed by atoms with van der Waals surface area (Å²) >= 11 is 0. The number of hydrogen-bond donors (Lipinski definition) is 0. The molecule has 58 heavy (non-hydrogen) atoms. The number of nitrogens with zero attached hydrogens (tertiary/aromatic N) is 2. The Hall–Kier alpha value is -7.68. The minimum atomic E-state index is 0.703. The summed E-state index contributed by atoms with van der Waals surface area (Å²) in [5.74, 6) is 0.703. The van der Waals surface area contributed by atoms with Crippen molar-refractivity contribution in [2.75, 3.05) is 0 Å². The molecule has 0 aliphatic carbocycles. The number of benzene rings is 10. The highest BCUT2D eigenvalue weighted by Crippen LogP contribution is 2.45. The number of fused-ring (bicyclic) bond motifs is 2. The maximum Gasteiger partial charge on any atom is 0.160 e. The van der Waals surface area contributed by atoms with Crippen molar-refractivity contribution in [3.8, 4) is 56.2 Å². The van der Waals surface area contributed by atoms with E-state index in [-0.39, 0.29) is 0 Å². The van der Waals surface area contributed by atoms with Crippen LogP contribution >= 0.6 is 0 Å². The molecule has 0 saturated heterocycles. The highest BCUT2D eigenvalue weighted by atomic mass is 14.9. The second-order valence-corrected chi connectivity index (χ2v) is 15.3. The summed E-state index contributed by atoms with van der Waals surface area (Å²) in [5, 5.41) is 15.4. The van der Waals surface area contributed by atoms with Gasteiger partial charge in [0.05, 0.1) is 11.4 Å². The molecule has 1 heterocycles. The van der Waals surface area contributed by atoms with E-state index < -0.39 is 0 Å². The Morgan fingerprint density at radius 1 is 0.241 bits per heavy atom. The summed E-state index contributed by atoms with van der Waals surface area (Å²) in [6.07, 6.45) is 0. The first-order valence-corrected chi connectivity index (χ1v) is 19.9. The molecule has 0 atom stereocenters. The van der Waals surface area contributed by atoms with Crippen LogP contribution in [0.2, 0.25) is 0 Å². The van der Waals surface area contributed by atoms with Crippen molar-refractivity contribution in [3.05, 3.63) is 206 Å². The van der Waals surface area contributed by atoms with Gasteiger partial charge in [-0.3, -0.25) is 0 Å². The van der Waals surface area contributed by atoms with Crippen molar-refractivity contribution in [3.63, 3.8) is 0 Å². The maximum absolute atomic E-state index is 5.24. The standard InChI is InChI=1S/C56H34N2/c1-3-13-35(14-4-1)44-22-7-8-23-45(44)51-34-50(57-56(58-51)39-15-5-2-6-16-39)41-21-9-20-40(31-41)43-32-42-30-29-38-18-11-25-47-46-24-10-17-36-27-28-37-19-12-26-48(54(37)52(36)46)49(33-43)55(42)53(38)47/h1-34H. The summed E-state index contributed by atoms with van der Waals surface area (Å²) in [5.41, 5.74) is 9.48. The van der Waals surface area contributed by atoms with Crippen molar-refractivity contribution < 1.29 is 0 Å². The zero-order valence-electron chi connectivity index (χ0n) is 31.5. The fourth-order valence-corrected chi connectivity index (χ4v) is 9.33. The summed E-state index contributed by atoms with van der Waals surface area (Å²) in [4.78, 5) is 10.5. The lowest BCUT2D eigenvalue weighted by Gasteiger charge is -2.17. The molecule has 12 aromatic rings. The highest BCUT2D eigenvalue weighted by molar-refractivity contribution is 6.37. The molecule has 2 nitrogen and oxygen atoms in total. The Morgan fingerprint density at radius 3 is 1.38 bits per heavy atom. The minimum absolute atomic E-state index is 0.703. The van der Waals surface area contributed by atoms with Crippen molar-refractivity contribution in [2.45, 2.75) is 0 Å². The smallest absolute Gasteiger partial charge is 0.160 e. The molecule has 0 aliphatic heterocycles. The Bertz CT molecular complexity index is 3550. The van der Waals surface area contributed by atoms with Gasteiger partial charge in [0, 0.05) is 16.7 Å². The molecule has 0 radical (unpaired) electrons. The second kappa shape index (κ2) is 12.9.